The average Bonchev–Trinajstić information content (AvgIpc) is 3.13. The first-order chi connectivity index (χ1) is 15.9. The minimum atomic E-state index is -0.0310. The largest absolute Gasteiger partial charge is 0.381 e. The Balaban J connectivity index is 1.64. The molecule has 0 bridgehead atoms. The summed E-state index contributed by atoms with van der Waals surface area (Å²) in [6.07, 6.45) is 0. The van der Waals surface area contributed by atoms with Crippen molar-refractivity contribution in [2.75, 3.05) is 18.5 Å². The predicted molar refractivity (Wildman–Crippen MR) is 134 cm³/mol. The molecule has 0 fully saturated rings. The minimum absolute atomic E-state index is 0.0310. The molecule has 1 aliphatic heterocycles. The van der Waals surface area contributed by atoms with E-state index in [0.717, 1.165) is 49.3 Å². The fourth-order valence-electron chi connectivity index (χ4n) is 3.97. The van der Waals surface area contributed by atoms with Gasteiger partial charge in [0.05, 0.1) is 28.3 Å². The van der Waals surface area contributed by atoms with E-state index in [9.17, 15) is 4.79 Å². The van der Waals surface area contributed by atoms with E-state index in [2.05, 4.69) is 33.2 Å². The molecule has 168 valence electrons. The van der Waals surface area contributed by atoms with E-state index in [1.54, 1.807) is 0 Å². The van der Waals surface area contributed by atoms with E-state index in [0.29, 0.717) is 30.5 Å². The fraction of sp³-hybridized carbons (Fsp3) is 0.280. The monoisotopic (exact) mass is 459 g/mol. The number of amides is 1. The van der Waals surface area contributed by atoms with Gasteiger partial charge >= 0.3 is 0 Å². The van der Waals surface area contributed by atoms with Crippen molar-refractivity contribution in [2.45, 2.75) is 33.4 Å². The number of hydrogen-bond acceptors (Lipinski definition) is 7. The van der Waals surface area contributed by atoms with E-state index in [-0.39, 0.29) is 11.9 Å². The van der Waals surface area contributed by atoms with Gasteiger partial charge < -0.3 is 15.4 Å². The molecule has 5 rings (SSSR count). The van der Waals surface area contributed by atoms with Crippen LogP contribution in [0, 0.1) is 0 Å². The average molecular weight is 460 g/mol. The number of carbonyl (C=O) groups excluding carboxylic acids is 1. The highest BCUT2D eigenvalue weighted by Crippen LogP contribution is 2.41. The van der Waals surface area contributed by atoms with Crippen molar-refractivity contribution in [1.29, 1.82) is 0 Å². The molecule has 7 nitrogen and oxygen atoms in total. The third-order valence-electron chi connectivity index (χ3n) is 5.60. The van der Waals surface area contributed by atoms with Gasteiger partial charge in [0.25, 0.3) is 5.91 Å². The van der Waals surface area contributed by atoms with Gasteiger partial charge in [-0.3, -0.25) is 4.79 Å². The number of anilines is 1. The number of aromatic nitrogens is 3. The Morgan fingerprint density at radius 3 is 2.85 bits per heavy atom. The molecule has 1 amide bonds. The zero-order valence-corrected chi connectivity index (χ0v) is 19.7. The number of ether oxygens (including phenoxy) is 1. The lowest BCUT2D eigenvalue weighted by atomic mass is 10.1. The lowest BCUT2D eigenvalue weighted by Gasteiger charge is -2.11. The summed E-state index contributed by atoms with van der Waals surface area (Å²) in [4.78, 5) is 27.5. The number of nitrogens with zero attached hydrogens (tertiary/aromatic N) is 3. The molecule has 0 radical (unpaired) electrons. The first-order valence-electron chi connectivity index (χ1n) is 11.0. The van der Waals surface area contributed by atoms with Crippen LogP contribution in [0.1, 0.15) is 42.0 Å². The number of thiophene rings is 1. The van der Waals surface area contributed by atoms with Gasteiger partial charge in [-0.1, -0.05) is 6.58 Å². The van der Waals surface area contributed by atoms with Crippen LogP contribution in [-0.2, 0) is 11.3 Å². The number of pyridine rings is 1. The van der Waals surface area contributed by atoms with Crippen LogP contribution in [0.2, 0.25) is 0 Å². The van der Waals surface area contributed by atoms with Crippen LogP contribution < -0.4 is 10.6 Å². The fourth-order valence-corrected chi connectivity index (χ4v) is 5.07. The molecule has 0 aliphatic carbocycles. The first-order valence-corrected chi connectivity index (χ1v) is 11.8. The normalized spacial score (nSPS) is 15.7. The standard InChI is InChI=1S/C25H25N5O2S/c1-5-32-12-21-29-18(13(2)3)10-19(30-21)17-7-6-15-16(28-17)8-9-20-22(15)23-24(33-20)25(31)27-14(4)11-26-23/h6-10,14,26H,2,5,11-12H2,1,3-4H3,(H,27,31)/t14-/m1/s1. The first kappa shape index (κ1) is 21.5. The Labute approximate surface area is 195 Å². The molecule has 0 spiro atoms. The number of fused-ring (bicyclic) bond motifs is 5. The number of nitrogens with one attached hydrogen (secondary N) is 2. The summed E-state index contributed by atoms with van der Waals surface area (Å²) >= 11 is 1.51. The lowest BCUT2D eigenvalue weighted by Crippen LogP contribution is -2.34. The quantitative estimate of drug-likeness (QED) is 0.436. The highest BCUT2D eigenvalue weighted by Gasteiger charge is 2.24. The van der Waals surface area contributed by atoms with E-state index >= 15 is 0 Å². The highest BCUT2D eigenvalue weighted by atomic mass is 32.1. The summed E-state index contributed by atoms with van der Waals surface area (Å²) in [5, 5.41) is 8.55. The van der Waals surface area contributed by atoms with E-state index < -0.39 is 0 Å². The van der Waals surface area contributed by atoms with Gasteiger partial charge in [-0.25, -0.2) is 15.0 Å². The molecule has 33 heavy (non-hydrogen) atoms. The van der Waals surface area contributed by atoms with Crippen LogP contribution in [-0.4, -0.2) is 40.1 Å². The summed E-state index contributed by atoms with van der Waals surface area (Å²) < 4.78 is 6.58. The molecule has 0 unspecified atom stereocenters. The van der Waals surface area contributed by atoms with Crippen LogP contribution in [0.3, 0.4) is 0 Å². The summed E-state index contributed by atoms with van der Waals surface area (Å²) in [6, 6.07) is 10.0. The van der Waals surface area contributed by atoms with Crippen molar-refractivity contribution in [3.8, 4) is 11.4 Å². The second-order valence-corrected chi connectivity index (χ2v) is 9.29. The zero-order valence-electron chi connectivity index (χ0n) is 18.9. The number of carbonyl (C=O) groups is 1. The van der Waals surface area contributed by atoms with E-state index in [1.807, 2.05) is 45.0 Å². The predicted octanol–water partition coefficient (Wildman–Crippen LogP) is 5.02. The molecular weight excluding hydrogens is 434 g/mol. The van der Waals surface area contributed by atoms with Gasteiger partial charge in [0.1, 0.15) is 11.5 Å². The molecule has 4 aromatic rings. The third kappa shape index (κ3) is 3.96. The van der Waals surface area contributed by atoms with Crippen LogP contribution in [0.25, 0.3) is 38.0 Å². The number of benzene rings is 1. The topological polar surface area (TPSA) is 89.0 Å². The summed E-state index contributed by atoms with van der Waals surface area (Å²) in [5.74, 6) is 0.578. The van der Waals surface area contributed by atoms with Crippen LogP contribution in [0.15, 0.2) is 36.9 Å². The second kappa shape index (κ2) is 8.53. The Hall–Kier alpha value is -3.36. The summed E-state index contributed by atoms with van der Waals surface area (Å²) in [5.41, 5.74) is 4.86. The summed E-state index contributed by atoms with van der Waals surface area (Å²) in [6.45, 7) is 11.5. The molecule has 4 heterocycles. The molecule has 1 atom stereocenters. The third-order valence-corrected chi connectivity index (χ3v) is 6.75. The van der Waals surface area contributed by atoms with Gasteiger partial charge in [-0.05, 0) is 56.7 Å². The maximum atomic E-state index is 12.7. The molecule has 8 heteroatoms. The molecule has 2 N–H and O–H groups in total. The van der Waals surface area contributed by atoms with Crippen molar-refractivity contribution in [3.63, 3.8) is 0 Å². The lowest BCUT2D eigenvalue weighted by molar-refractivity contribution is 0.0949. The van der Waals surface area contributed by atoms with Gasteiger partial charge in [0, 0.05) is 34.7 Å². The van der Waals surface area contributed by atoms with Gasteiger partial charge in [0.15, 0.2) is 5.82 Å². The highest BCUT2D eigenvalue weighted by molar-refractivity contribution is 7.21. The smallest absolute Gasteiger partial charge is 0.263 e. The van der Waals surface area contributed by atoms with Crippen LogP contribution in [0.5, 0.6) is 0 Å². The van der Waals surface area contributed by atoms with Crippen molar-refractivity contribution in [1.82, 2.24) is 20.3 Å². The van der Waals surface area contributed by atoms with E-state index in [1.165, 1.54) is 11.3 Å². The van der Waals surface area contributed by atoms with Gasteiger partial charge in [0.2, 0.25) is 0 Å². The molecule has 1 aromatic carbocycles. The van der Waals surface area contributed by atoms with Gasteiger partial charge in [-0.15, -0.1) is 11.3 Å². The maximum absolute atomic E-state index is 12.7. The summed E-state index contributed by atoms with van der Waals surface area (Å²) in [7, 11) is 0. The second-order valence-electron chi connectivity index (χ2n) is 8.24. The Morgan fingerprint density at radius 1 is 1.21 bits per heavy atom. The Kier molecular flexibility index (Phi) is 5.55. The molecule has 0 saturated heterocycles. The van der Waals surface area contributed by atoms with Crippen molar-refractivity contribution in [3.05, 3.63) is 53.3 Å². The zero-order chi connectivity index (χ0) is 23.1. The number of rotatable bonds is 5. The van der Waals surface area contributed by atoms with E-state index in [4.69, 9.17) is 9.72 Å². The molecule has 1 aliphatic rings. The van der Waals surface area contributed by atoms with Gasteiger partial charge in [-0.2, -0.15) is 0 Å². The molecule has 0 saturated carbocycles. The Bertz CT molecular complexity index is 1410. The number of allylic oxidation sites excluding steroid dienone is 1. The molecule has 3 aromatic heterocycles. The molecular formula is C25H25N5O2S. The van der Waals surface area contributed by atoms with Crippen LogP contribution >= 0.6 is 11.3 Å². The number of hydrogen-bond donors (Lipinski definition) is 2. The minimum Gasteiger partial charge on any atom is -0.381 e. The van der Waals surface area contributed by atoms with Crippen molar-refractivity contribution in [2.24, 2.45) is 0 Å². The maximum Gasteiger partial charge on any atom is 0.263 e. The van der Waals surface area contributed by atoms with Crippen molar-refractivity contribution < 1.29 is 9.53 Å². The SMILES string of the molecule is C=C(C)c1cc(-c2ccc3c(ccc4sc5c(c43)NC[C@@H](C)NC5=O)n2)nc(COCC)n1. The van der Waals surface area contributed by atoms with Crippen LogP contribution in [0.4, 0.5) is 5.69 Å². The Morgan fingerprint density at radius 2 is 2.06 bits per heavy atom. The van der Waals surface area contributed by atoms with Crippen molar-refractivity contribution >= 4 is 49.5 Å².